The van der Waals surface area contributed by atoms with Gasteiger partial charge >= 0.3 is 11.9 Å². The Labute approximate surface area is 261 Å². The van der Waals surface area contributed by atoms with Gasteiger partial charge in [0.2, 0.25) is 0 Å². The monoisotopic (exact) mass is 597 g/mol. The lowest BCUT2D eigenvalue weighted by Crippen LogP contribution is -2.28. The number of esters is 2. The van der Waals surface area contributed by atoms with Crippen LogP contribution < -0.4 is 0 Å². The Bertz CT molecular complexity index is 579. The summed E-state index contributed by atoms with van der Waals surface area (Å²) in [7, 11) is 0. The fourth-order valence-electron chi connectivity index (χ4n) is 5.47. The Hall–Kier alpha value is -1.10. The molecule has 0 radical (unpaired) electrons. The van der Waals surface area contributed by atoms with E-state index in [0.29, 0.717) is 12.8 Å². The Morgan fingerprint density at radius 2 is 0.929 bits per heavy atom. The van der Waals surface area contributed by atoms with Crippen LogP contribution in [0, 0.1) is 5.92 Å². The summed E-state index contributed by atoms with van der Waals surface area (Å²) in [5, 5.41) is 9.52. The number of hydrogen-bond donors (Lipinski definition) is 1. The maximum atomic E-state index is 12.1. The summed E-state index contributed by atoms with van der Waals surface area (Å²) >= 11 is 0. The quantitative estimate of drug-likeness (QED) is 0.0602. The molecule has 0 heterocycles. The highest BCUT2D eigenvalue weighted by Crippen LogP contribution is 2.16. The van der Waals surface area contributed by atoms with Gasteiger partial charge in [-0.3, -0.25) is 9.59 Å². The number of ether oxygens (including phenoxy) is 2. The first-order valence-corrected chi connectivity index (χ1v) is 18.5. The Morgan fingerprint density at radius 3 is 1.33 bits per heavy atom. The number of hydrogen-bond acceptors (Lipinski definition) is 5. The van der Waals surface area contributed by atoms with Crippen molar-refractivity contribution in [1.82, 2.24) is 0 Å². The van der Waals surface area contributed by atoms with Gasteiger partial charge in [0.15, 0.2) is 6.10 Å². The van der Waals surface area contributed by atoms with Crippen LogP contribution in [0.5, 0.6) is 0 Å². The van der Waals surface area contributed by atoms with Crippen LogP contribution in [0.1, 0.15) is 201 Å². The van der Waals surface area contributed by atoms with Crippen LogP contribution in [0.3, 0.4) is 0 Å². The van der Waals surface area contributed by atoms with E-state index in [2.05, 4.69) is 20.8 Å². The maximum absolute atomic E-state index is 12.1. The number of aliphatic hydroxyl groups is 1. The van der Waals surface area contributed by atoms with Crippen molar-refractivity contribution in [2.24, 2.45) is 5.92 Å². The fraction of sp³-hybridized carbons (Fsp3) is 0.946. The number of carbonyl (C=O) groups is 2. The molecule has 250 valence electrons. The normalized spacial score (nSPS) is 12.8. The van der Waals surface area contributed by atoms with Crippen molar-refractivity contribution in [1.29, 1.82) is 0 Å². The molecule has 0 bridgehead atoms. The van der Waals surface area contributed by atoms with Gasteiger partial charge in [-0.15, -0.1) is 0 Å². The number of rotatable bonds is 33. The van der Waals surface area contributed by atoms with Crippen molar-refractivity contribution in [2.45, 2.75) is 207 Å². The molecule has 0 aliphatic heterocycles. The molecule has 0 aliphatic rings. The van der Waals surface area contributed by atoms with Crippen LogP contribution in [0.2, 0.25) is 0 Å². The Kier molecular flexibility index (Phi) is 31.9. The van der Waals surface area contributed by atoms with Crippen molar-refractivity contribution >= 4 is 11.9 Å². The molecule has 0 saturated heterocycles. The third-order valence-corrected chi connectivity index (χ3v) is 8.69. The van der Waals surface area contributed by atoms with E-state index in [4.69, 9.17) is 9.47 Å². The summed E-state index contributed by atoms with van der Waals surface area (Å²) in [6.45, 7) is 6.49. The topological polar surface area (TPSA) is 72.8 Å². The first-order chi connectivity index (χ1) is 20.5. The maximum Gasteiger partial charge on any atom is 0.306 e. The second kappa shape index (κ2) is 32.8. The van der Waals surface area contributed by atoms with Gasteiger partial charge in [-0.1, -0.05) is 175 Å². The molecule has 0 aromatic heterocycles. The molecule has 0 spiro atoms. The summed E-state index contributed by atoms with van der Waals surface area (Å²) in [6, 6.07) is 0. The molecule has 0 amide bonds. The van der Waals surface area contributed by atoms with E-state index in [1.807, 2.05) is 0 Å². The van der Waals surface area contributed by atoms with E-state index in [1.165, 1.54) is 128 Å². The van der Waals surface area contributed by atoms with E-state index in [1.54, 1.807) is 0 Å². The summed E-state index contributed by atoms with van der Waals surface area (Å²) in [5.41, 5.74) is 0. The van der Waals surface area contributed by atoms with Gasteiger partial charge in [0, 0.05) is 12.8 Å². The molecule has 5 nitrogen and oxygen atoms in total. The second-order valence-electron chi connectivity index (χ2n) is 12.9. The molecule has 0 aromatic rings. The van der Waals surface area contributed by atoms with Gasteiger partial charge in [0.25, 0.3) is 0 Å². The third-order valence-electron chi connectivity index (χ3n) is 8.69. The molecular formula is C37H72O5. The minimum Gasteiger partial charge on any atom is -0.462 e. The Balaban J connectivity index is 3.52. The smallest absolute Gasteiger partial charge is 0.306 e. The summed E-state index contributed by atoms with van der Waals surface area (Å²) in [5.74, 6) is 0.278. The van der Waals surface area contributed by atoms with Gasteiger partial charge in [-0.2, -0.15) is 0 Å². The zero-order chi connectivity index (χ0) is 30.9. The van der Waals surface area contributed by atoms with Crippen LogP contribution in [0.15, 0.2) is 0 Å². The molecule has 1 N–H and O–H groups in total. The standard InChI is InChI=1S/C37H72O5/c1-4-6-7-8-9-10-11-12-13-14-15-16-17-22-25-28-31-37(40)42-35(32-38)33-41-36(39)30-27-24-21-19-18-20-23-26-29-34(3)5-2/h34-35,38H,4-33H2,1-3H3/t34?,35-/m0/s1. The van der Waals surface area contributed by atoms with Crippen LogP contribution in [0.25, 0.3) is 0 Å². The van der Waals surface area contributed by atoms with Crippen LogP contribution >= 0.6 is 0 Å². The van der Waals surface area contributed by atoms with Crippen molar-refractivity contribution in [3.05, 3.63) is 0 Å². The average Bonchev–Trinajstić information content (AvgIpc) is 2.99. The molecule has 0 aliphatic carbocycles. The van der Waals surface area contributed by atoms with Crippen LogP contribution in [-0.4, -0.2) is 36.4 Å². The van der Waals surface area contributed by atoms with Gasteiger partial charge < -0.3 is 14.6 Å². The first kappa shape index (κ1) is 40.9. The molecular weight excluding hydrogens is 524 g/mol. The molecule has 5 heteroatoms. The van der Waals surface area contributed by atoms with Crippen molar-refractivity contribution < 1.29 is 24.2 Å². The zero-order valence-electron chi connectivity index (χ0n) is 28.4. The van der Waals surface area contributed by atoms with Crippen molar-refractivity contribution in [2.75, 3.05) is 13.2 Å². The van der Waals surface area contributed by atoms with E-state index in [-0.39, 0.29) is 25.2 Å². The van der Waals surface area contributed by atoms with Gasteiger partial charge in [-0.05, 0) is 18.8 Å². The lowest BCUT2D eigenvalue weighted by Gasteiger charge is -2.15. The summed E-state index contributed by atoms with van der Waals surface area (Å²) in [6.07, 6.45) is 33.0. The number of unbranched alkanes of at least 4 members (excludes halogenated alkanes) is 22. The van der Waals surface area contributed by atoms with E-state index < -0.39 is 6.10 Å². The van der Waals surface area contributed by atoms with E-state index in [0.717, 1.165) is 44.4 Å². The third kappa shape index (κ3) is 30.4. The highest BCUT2D eigenvalue weighted by atomic mass is 16.6. The minimum absolute atomic E-state index is 0.0588. The second-order valence-corrected chi connectivity index (χ2v) is 12.9. The highest BCUT2D eigenvalue weighted by molar-refractivity contribution is 5.70. The van der Waals surface area contributed by atoms with Gasteiger partial charge in [-0.25, -0.2) is 0 Å². The van der Waals surface area contributed by atoms with Crippen LogP contribution in [-0.2, 0) is 19.1 Å². The zero-order valence-corrected chi connectivity index (χ0v) is 28.4. The molecule has 0 aromatic carbocycles. The molecule has 2 atom stereocenters. The number of carbonyl (C=O) groups excluding carboxylic acids is 2. The largest absolute Gasteiger partial charge is 0.462 e. The van der Waals surface area contributed by atoms with Crippen LogP contribution in [0.4, 0.5) is 0 Å². The molecule has 0 saturated carbocycles. The lowest BCUT2D eigenvalue weighted by molar-refractivity contribution is -0.161. The molecule has 0 rings (SSSR count). The Morgan fingerprint density at radius 1 is 0.548 bits per heavy atom. The van der Waals surface area contributed by atoms with E-state index in [9.17, 15) is 14.7 Å². The fourth-order valence-corrected chi connectivity index (χ4v) is 5.47. The average molecular weight is 597 g/mol. The first-order valence-electron chi connectivity index (χ1n) is 18.5. The number of aliphatic hydroxyl groups excluding tert-OH is 1. The minimum atomic E-state index is -0.761. The van der Waals surface area contributed by atoms with Crippen molar-refractivity contribution in [3.63, 3.8) is 0 Å². The predicted octanol–water partition coefficient (Wildman–Crippen LogP) is 11.0. The highest BCUT2D eigenvalue weighted by Gasteiger charge is 2.16. The summed E-state index contributed by atoms with van der Waals surface area (Å²) < 4.78 is 10.6. The predicted molar refractivity (Wildman–Crippen MR) is 178 cm³/mol. The lowest BCUT2D eigenvalue weighted by atomic mass is 9.99. The van der Waals surface area contributed by atoms with Crippen molar-refractivity contribution in [3.8, 4) is 0 Å². The molecule has 0 fully saturated rings. The van der Waals surface area contributed by atoms with E-state index >= 15 is 0 Å². The van der Waals surface area contributed by atoms with Gasteiger partial charge in [0.1, 0.15) is 6.61 Å². The molecule has 1 unspecified atom stereocenters. The van der Waals surface area contributed by atoms with Gasteiger partial charge in [0.05, 0.1) is 6.61 Å². The SMILES string of the molecule is CCCCCCCCCCCCCCCCCCC(=O)O[C@@H](CO)COC(=O)CCCCCCCCCCC(C)CC. The molecule has 42 heavy (non-hydrogen) atoms. The summed E-state index contributed by atoms with van der Waals surface area (Å²) in [4.78, 5) is 24.2.